The molecule has 0 unspecified atom stereocenters. The van der Waals surface area contributed by atoms with E-state index in [4.69, 9.17) is 13.8 Å². The van der Waals surface area contributed by atoms with E-state index in [1.165, 1.54) is 0 Å². The van der Waals surface area contributed by atoms with Crippen LogP contribution < -0.4 is 0 Å². The molecule has 0 heterocycles. The predicted octanol–water partition coefficient (Wildman–Crippen LogP) is 2.76. The van der Waals surface area contributed by atoms with Gasteiger partial charge in [0.2, 0.25) is 0 Å². The predicted molar refractivity (Wildman–Crippen MR) is 66.1 cm³/mol. The highest BCUT2D eigenvalue weighted by Gasteiger charge is 2.27. The number of carbonyl (C=O) groups excluding carboxylic acids is 1. The zero-order valence-corrected chi connectivity index (χ0v) is 11.7. The van der Waals surface area contributed by atoms with E-state index < -0.39 is 13.6 Å². The van der Waals surface area contributed by atoms with E-state index in [9.17, 15) is 9.36 Å². The Morgan fingerprint density at radius 1 is 1.24 bits per heavy atom. The topological polar surface area (TPSA) is 61.8 Å². The van der Waals surface area contributed by atoms with Crippen molar-refractivity contribution in [1.29, 1.82) is 0 Å². The van der Waals surface area contributed by atoms with Gasteiger partial charge in [-0.05, 0) is 27.7 Å². The minimum Gasteiger partial charge on any atom is -0.462 e. The van der Waals surface area contributed by atoms with Gasteiger partial charge in [0.25, 0.3) is 0 Å². The summed E-state index contributed by atoms with van der Waals surface area (Å²) in [6.07, 6.45) is 0.671. The monoisotopic (exact) mass is 264 g/mol. The highest BCUT2D eigenvalue weighted by molar-refractivity contribution is 7.53. The van der Waals surface area contributed by atoms with Gasteiger partial charge >= 0.3 is 13.6 Å². The maximum Gasteiger partial charge on any atom is 0.334 e. The molecule has 100 valence electrons. The Labute approximate surface area is 103 Å². The summed E-state index contributed by atoms with van der Waals surface area (Å²) >= 11 is 0. The van der Waals surface area contributed by atoms with Crippen LogP contribution in [-0.4, -0.2) is 30.9 Å². The first-order chi connectivity index (χ1) is 7.79. The Kier molecular flexibility index (Phi) is 7.35. The second-order valence-electron chi connectivity index (χ2n) is 4.01. The smallest absolute Gasteiger partial charge is 0.334 e. The first-order valence-corrected chi connectivity index (χ1v) is 7.27. The number of hydrogen-bond donors (Lipinski definition) is 0. The summed E-state index contributed by atoms with van der Waals surface area (Å²) < 4.78 is 27.6. The van der Waals surface area contributed by atoms with Crippen LogP contribution >= 0.6 is 7.60 Å². The fraction of sp³-hybridized carbons (Fsp3) is 0.727. The molecule has 0 amide bonds. The van der Waals surface area contributed by atoms with Gasteiger partial charge in [0, 0.05) is 6.08 Å². The van der Waals surface area contributed by atoms with Crippen molar-refractivity contribution in [3.8, 4) is 0 Å². The van der Waals surface area contributed by atoms with Gasteiger partial charge in [-0.1, -0.05) is 6.58 Å². The molecule has 0 atom stereocenters. The molecule has 17 heavy (non-hydrogen) atoms. The second-order valence-corrected chi connectivity index (χ2v) is 6.11. The number of rotatable bonds is 8. The molecule has 0 N–H and O–H groups in total. The van der Waals surface area contributed by atoms with Crippen LogP contribution in [0.25, 0.3) is 0 Å². The van der Waals surface area contributed by atoms with Crippen molar-refractivity contribution in [3.05, 3.63) is 12.7 Å². The Hall–Kier alpha value is -0.640. The van der Waals surface area contributed by atoms with Crippen molar-refractivity contribution in [1.82, 2.24) is 0 Å². The molecule has 0 rings (SSSR count). The van der Waals surface area contributed by atoms with Gasteiger partial charge in [-0.15, -0.1) is 0 Å². The zero-order chi connectivity index (χ0) is 13.5. The third-order valence-electron chi connectivity index (χ3n) is 1.52. The number of carbonyl (C=O) groups is 1. The molecule has 0 fully saturated rings. The van der Waals surface area contributed by atoms with Gasteiger partial charge in [0.05, 0.1) is 18.4 Å². The maximum absolute atomic E-state index is 12.2. The van der Waals surface area contributed by atoms with Gasteiger partial charge in [-0.2, -0.15) is 0 Å². The van der Waals surface area contributed by atoms with Crippen LogP contribution in [0.2, 0.25) is 0 Å². The highest BCUT2D eigenvalue weighted by Crippen LogP contribution is 2.50. The normalized spacial score (nSPS) is 11.9. The van der Waals surface area contributed by atoms with Crippen LogP contribution in [0, 0.1) is 0 Å². The van der Waals surface area contributed by atoms with Crippen molar-refractivity contribution in [2.45, 2.75) is 39.9 Å². The lowest BCUT2D eigenvalue weighted by molar-refractivity contribution is -0.137. The van der Waals surface area contributed by atoms with Crippen molar-refractivity contribution in [3.63, 3.8) is 0 Å². The summed E-state index contributed by atoms with van der Waals surface area (Å²) in [6.45, 7) is 10.3. The summed E-state index contributed by atoms with van der Waals surface area (Å²) in [5.41, 5.74) is 0. The molecule has 0 radical (unpaired) electrons. The molecular formula is C11H21O5P. The van der Waals surface area contributed by atoms with E-state index in [0.717, 1.165) is 6.08 Å². The van der Waals surface area contributed by atoms with Gasteiger partial charge in [-0.25, -0.2) is 4.79 Å². The number of esters is 1. The third kappa shape index (κ3) is 8.13. The van der Waals surface area contributed by atoms with Crippen LogP contribution in [0.3, 0.4) is 0 Å². The Bertz CT molecular complexity index is 284. The lowest BCUT2D eigenvalue weighted by Crippen LogP contribution is -2.14. The minimum atomic E-state index is -3.21. The molecule has 0 saturated heterocycles. The molecule has 0 spiro atoms. The van der Waals surface area contributed by atoms with Crippen LogP contribution in [0.4, 0.5) is 0 Å². The first kappa shape index (κ1) is 16.4. The quantitative estimate of drug-likeness (QED) is 0.383. The third-order valence-corrected chi connectivity index (χ3v) is 3.73. The van der Waals surface area contributed by atoms with E-state index in [-0.39, 0.29) is 25.0 Å². The van der Waals surface area contributed by atoms with Crippen molar-refractivity contribution in [2.75, 3.05) is 12.8 Å². The maximum atomic E-state index is 12.2. The van der Waals surface area contributed by atoms with E-state index in [1.807, 2.05) is 0 Å². The summed E-state index contributed by atoms with van der Waals surface area (Å²) in [5.74, 6) is -0.550. The van der Waals surface area contributed by atoms with Crippen LogP contribution in [0.5, 0.6) is 0 Å². The number of ether oxygens (including phenoxy) is 1. The molecule has 0 saturated carbocycles. The van der Waals surface area contributed by atoms with Crippen molar-refractivity contribution >= 4 is 13.6 Å². The molecule has 0 aromatic rings. The van der Waals surface area contributed by atoms with Gasteiger partial charge in [0.15, 0.2) is 0 Å². The van der Waals surface area contributed by atoms with Crippen LogP contribution in [0.15, 0.2) is 12.7 Å². The zero-order valence-electron chi connectivity index (χ0n) is 10.8. The second kappa shape index (κ2) is 7.64. The summed E-state index contributed by atoms with van der Waals surface area (Å²) in [5, 5.41) is 0. The molecule has 5 nitrogen and oxygen atoms in total. The summed E-state index contributed by atoms with van der Waals surface area (Å²) in [4.78, 5) is 10.8. The molecule has 0 aliphatic rings. The van der Waals surface area contributed by atoms with Crippen molar-refractivity contribution in [2.24, 2.45) is 0 Å². The Balaban J connectivity index is 4.33. The molecule has 0 aliphatic carbocycles. The molecular weight excluding hydrogens is 243 g/mol. The van der Waals surface area contributed by atoms with E-state index in [1.54, 1.807) is 27.7 Å². The Morgan fingerprint density at radius 3 is 2.06 bits per heavy atom. The van der Waals surface area contributed by atoms with Crippen LogP contribution in [-0.2, 0) is 23.1 Å². The SMILES string of the molecule is C=CC(=O)OCCP(=O)(OC(C)C)OC(C)C. The fourth-order valence-corrected chi connectivity index (χ4v) is 2.95. The standard InChI is InChI=1S/C11H21O5P/c1-6-11(12)14-7-8-17(13,15-9(2)3)16-10(4)5/h6,9-10H,1,7-8H2,2-5H3. The van der Waals surface area contributed by atoms with E-state index in [2.05, 4.69) is 6.58 Å². The minimum absolute atomic E-state index is 0.0123. The summed E-state index contributed by atoms with van der Waals surface area (Å²) in [7, 11) is -3.21. The fourth-order valence-electron chi connectivity index (χ4n) is 1.09. The largest absolute Gasteiger partial charge is 0.462 e. The van der Waals surface area contributed by atoms with E-state index >= 15 is 0 Å². The average molecular weight is 264 g/mol. The lowest BCUT2D eigenvalue weighted by Gasteiger charge is -2.22. The first-order valence-electron chi connectivity index (χ1n) is 5.54. The van der Waals surface area contributed by atoms with Crippen LogP contribution in [0.1, 0.15) is 27.7 Å². The lowest BCUT2D eigenvalue weighted by atomic mass is 10.5. The summed E-state index contributed by atoms with van der Waals surface area (Å²) in [6, 6.07) is 0. The van der Waals surface area contributed by atoms with Gasteiger partial charge in [0.1, 0.15) is 6.61 Å². The molecule has 0 aromatic heterocycles. The molecule has 0 bridgehead atoms. The number of hydrogen-bond acceptors (Lipinski definition) is 5. The molecule has 0 aromatic carbocycles. The Morgan fingerprint density at radius 2 is 1.71 bits per heavy atom. The van der Waals surface area contributed by atoms with Gasteiger partial charge < -0.3 is 13.8 Å². The average Bonchev–Trinajstić information content (AvgIpc) is 2.14. The van der Waals surface area contributed by atoms with E-state index in [0.29, 0.717) is 0 Å². The van der Waals surface area contributed by atoms with Gasteiger partial charge in [-0.3, -0.25) is 4.57 Å². The molecule has 6 heteroatoms. The highest BCUT2D eigenvalue weighted by atomic mass is 31.2. The van der Waals surface area contributed by atoms with Crippen molar-refractivity contribution < 1.29 is 23.1 Å². The molecule has 0 aliphatic heterocycles.